The Bertz CT molecular complexity index is 726. The topological polar surface area (TPSA) is 61.3 Å². The Kier molecular flexibility index (Phi) is 4.34. The van der Waals surface area contributed by atoms with Crippen LogP contribution in [0.2, 0.25) is 0 Å². The number of aromatic hydroxyl groups is 1. The van der Waals surface area contributed by atoms with E-state index in [0.29, 0.717) is 12.1 Å². The van der Waals surface area contributed by atoms with E-state index in [1.165, 1.54) is 19.3 Å². The van der Waals surface area contributed by atoms with Crippen LogP contribution in [0.25, 0.3) is 11.3 Å². The van der Waals surface area contributed by atoms with Gasteiger partial charge in [0.25, 0.3) is 0 Å². The van der Waals surface area contributed by atoms with Crippen molar-refractivity contribution >= 4 is 5.82 Å². The number of phenols is 1. The average molecular weight is 338 g/mol. The number of nitrogens with zero attached hydrogens (tertiary/aromatic N) is 3. The summed E-state index contributed by atoms with van der Waals surface area (Å²) in [4.78, 5) is 2.41. The number of anilines is 1. The number of aromatic nitrogens is 2. The molecule has 3 heterocycles. The van der Waals surface area contributed by atoms with Crippen molar-refractivity contribution in [2.45, 2.75) is 45.2 Å². The Morgan fingerprint density at radius 3 is 2.84 bits per heavy atom. The van der Waals surface area contributed by atoms with Gasteiger partial charge >= 0.3 is 0 Å². The highest BCUT2D eigenvalue weighted by molar-refractivity contribution is 5.70. The number of phenolic OH excluding ortho intramolecular Hbond substituents is 1. The van der Waals surface area contributed by atoms with Gasteiger partial charge in [-0.1, -0.05) is 25.5 Å². The van der Waals surface area contributed by atoms with Gasteiger partial charge in [0.2, 0.25) is 0 Å². The van der Waals surface area contributed by atoms with Crippen LogP contribution in [0.5, 0.6) is 5.75 Å². The largest absolute Gasteiger partial charge is 0.507 e. The minimum Gasteiger partial charge on any atom is -0.507 e. The second-order valence-electron chi connectivity index (χ2n) is 7.32. The van der Waals surface area contributed by atoms with E-state index >= 15 is 0 Å². The van der Waals surface area contributed by atoms with E-state index < -0.39 is 0 Å². The Hall–Kier alpha value is -2.14. The average Bonchev–Trinajstić information content (AvgIpc) is 3.05. The number of hydrogen-bond acceptors (Lipinski definition) is 5. The lowest BCUT2D eigenvalue weighted by atomic mass is 9.89. The van der Waals surface area contributed by atoms with Gasteiger partial charge in [-0.25, -0.2) is 0 Å². The van der Waals surface area contributed by atoms with Crippen molar-refractivity contribution in [1.82, 2.24) is 15.5 Å². The van der Waals surface area contributed by atoms with Gasteiger partial charge in [0.1, 0.15) is 5.75 Å². The molecule has 2 aliphatic heterocycles. The fourth-order valence-corrected chi connectivity index (χ4v) is 4.32. The van der Waals surface area contributed by atoms with Gasteiger partial charge in [-0.15, -0.1) is 10.2 Å². The van der Waals surface area contributed by atoms with Gasteiger partial charge in [0.15, 0.2) is 5.82 Å². The van der Waals surface area contributed by atoms with Crippen molar-refractivity contribution in [1.29, 1.82) is 0 Å². The normalized spacial score (nSPS) is 25.8. The lowest BCUT2D eigenvalue weighted by Gasteiger charge is -2.37. The molecule has 0 spiro atoms. The number of fused-ring (bicyclic) bond motifs is 1. The van der Waals surface area contributed by atoms with E-state index in [2.05, 4.69) is 27.3 Å². The zero-order chi connectivity index (χ0) is 17.4. The van der Waals surface area contributed by atoms with E-state index in [-0.39, 0.29) is 5.75 Å². The van der Waals surface area contributed by atoms with Crippen molar-refractivity contribution in [2.75, 3.05) is 18.0 Å². The van der Waals surface area contributed by atoms with Crippen LogP contribution in [0.3, 0.4) is 0 Å². The minimum absolute atomic E-state index is 0.255. The van der Waals surface area contributed by atoms with Crippen LogP contribution < -0.4 is 10.2 Å². The van der Waals surface area contributed by atoms with Crippen LogP contribution in [0.15, 0.2) is 30.3 Å². The first-order valence-electron chi connectivity index (χ1n) is 9.30. The molecule has 132 valence electrons. The zero-order valence-corrected chi connectivity index (χ0v) is 14.9. The first-order valence-corrected chi connectivity index (χ1v) is 9.30. The molecular weight excluding hydrogens is 312 g/mol. The Labute approximate surface area is 149 Å². The molecule has 25 heavy (non-hydrogen) atoms. The third-order valence-electron chi connectivity index (χ3n) is 5.82. The molecule has 2 N–H and O–H groups in total. The van der Waals surface area contributed by atoms with Gasteiger partial charge < -0.3 is 15.3 Å². The quantitative estimate of drug-likeness (QED) is 0.900. The first-order chi connectivity index (χ1) is 12.2. The maximum Gasteiger partial charge on any atom is 0.151 e. The smallest absolute Gasteiger partial charge is 0.151 e. The molecule has 1 aromatic heterocycles. The number of piperidine rings is 1. The standard InChI is InChI=1S/C20H26N4O/c1-3-14-11-17-15(21-12-14)9-10-24(17)19-8-7-16(22-23-19)20-13(2)5-4-6-18(20)25/h4-8,14-15,17,21,25H,3,9-12H2,1-2H3/t14?,15-,17+/m1/s1. The molecule has 2 saturated heterocycles. The minimum atomic E-state index is 0.255. The van der Waals surface area contributed by atoms with Crippen LogP contribution >= 0.6 is 0 Å². The molecule has 2 aromatic rings. The molecule has 4 rings (SSSR count). The second kappa shape index (κ2) is 6.64. The Morgan fingerprint density at radius 2 is 2.12 bits per heavy atom. The molecular formula is C20H26N4O. The summed E-state index contributed by atoms with van der Waals surface area (Å²) in [5, 5.41) is 22.8. The maximum absolute atomic E-state index is 10.1. The summed E-state index contributed by atoms with van der Waals surface area (Å²) in [5.74, 6) is 1.95. The highest BCUT2D eigenvalue weighted by Crippen LogP contribution is 2.34. The molecule has 2 fully saturated rings. The van der Waals surface area contributed by atoms with Crippen LogP contribution in [-0.4, -0.2) is 40.5 Å². The van der Waals surface area contributed by atoms with Gasteiger partial charge in [-0.3, -0.25) is 0 Å². The molecule has 1 unspecified atom stereocenters. The van der Waals surface area contributed by atoms with E-state index in [1.54, 1.807) is 6.07 Å². The molecule has 1 aromatic carbocycles. The second-order valence-corrected chi connectivity index (χ2v) is 7.32. The van der Waals surface area contributed by atoms with Crippen LogP contribution in [0.4, 0.5) is 5.82 Å². The highest BCUT2D eigenvalue weighted by atomic mass is 16.3. The summed E-state index contributed by atoms with van der Waals surface area (Å²) in [5.41, 5.74) is 2.50. The molecule has 0 amide bonds. The first kappa shape index (κ1) is 16.3. The predicted molar refractivity (Wildman–Crippen MR) is 99.8 cm³/mol. The van der Waals surface area contributed by atoms with Gasteiger partial charge in [-0.2, -0.15) is 0 Å². The van der Waals surface area contributed by atoms with Crippen molar-refractivity contribution in [3.8, 4) is 17.0 Å². The van der Waals surface area contributed by atoms with Crippen molar-refractivity contribution in [2.24, 2.45) is 5.92 Å². The summed E-state index contributed by atoms with van der Waals surface area (Å²) < 4.78 is 0. The SMILES string of the molecule is CCC1CN[C@@H]2CCN(c3ccc(-c4c(C)cccc4O)nn3)[C@H]2C1. The van der Waals surface area contributed by atoms with Crippen LogP contribution in [-0.2, 0) is 0 Å². The van der Waals surface area contributed by atoms with Crippen LogP contribution in [0, 0.1) is 12.8 Å². The zero-order valence-electron chi connectivity index (χ0n) is 14.9. The van der Waals surface area contributed by atoms with Crippen molar-refractivity contribution in [3.05, 3.63) is 35.9 Å². The molecule has 5 nitrogen and oxygen atoms in total. The maximum atomic E-state index is 10.1. The third-order valence-corrected chi connectivity index (χ3v) is 5.82. The van der Waals surface area contributed by atoms with Gasteiger partial charge in [0, 0.05) is 24.2 Å². The van der Waals surface area contributed by atoms with Crippen molar-refractivity contribution < 1.29 is 5.11 Å². The van der Waals surface area contributed by atoms with E-state index in [1.807, 2.05) is 31.2 Å². The summed E-state index contributed by atoms with van der Waals surface area (Å²) in [6, 6.07) is 10.6. The van der Waals surface area contributed by atoms with Gasteiger partial charge in [-0.05, 0) is 56.0 Å². The van der Waals surface area contributed by atoms with E-state index in [4.69, 9.17) is 0 Å². The van der Waals surface area contributed by atoms with E-state index in [0.717, 1.165) is 41.6 Å². The summed E-state index contributed by atoms with van der Waals surface area (Å²) in [6.07, 6.45) is 3.63. The lowest BCUT2D eigenvalue weighted by molar-refractivity contribution is 0.288. The number of hydrogen-bond donors (Lipinski definition) is 2. The number of nitrogens with one attached hydrogen (secondary N) is 1. The summed E-state index contributed by atoms with van der Waals surface area (Å²) >= 11 is 0. The molecule has 5 heteroatoms. The lowest BCUT2D eigenvalue weighted by Crippen LogP contribution is -2.50. The molecule has 3 atom stereocenters. The number of aryl methyl sites for hydroxylation is 1. The molecule has 0 aliphatic carbocycles. The van der Waals surface area contributed by atoms with Gasteiger partial charge in [0.05, 0.1) is 5.69 Å². The van der Waals surface area contributed by atoms with E-state index in [9.17, 15) is 5.11 Å². The summed E-state index contributed by atoms with van der Waals surface area (Å²) in [6.45, 7) is 6.43. The highest BCUT2D eigenvalue weighted by Gasteiger charge is 2.39. The monoisotopic (exact) mass is 338 g/mol. The fourth-order valence-electron chi connectivity index (χ4n) is 4.32. The molecule has 0 radical (unpaired) electrons. The Morgan fingerprint density at radius 1 is 1.24 bits per heavy atom. The third kappa shape index (κ3) is 2.97. The fraction of sp³-hybridized carbons (Fsp3) is 0.500. The predicted octanol–water partition coefficient (Wildman–Crippen LogP) is 3.12. The summed E-state index contributed by atoms with van der Waals surface area (Å²) in [7, 11) is 0. The molecule has 0 saturated carbocycles. The Balaban J connectivity index is 1.58. The molecule has 0 bridgehead atoms. The number of rotatable bonds is 3. The van der Waals surface area contributed by atoms with Crippen molar-refractivity contribution in [3.63, 3.8) is 0 Å². The number of benzene rings is 1. The van der Waals surface area contributed by atoms with Crippen LogP contribution in [0.1, 0.15) is 31.7 Å². The molecule has 2 aliphatic rings.